The molecule has 2 heterocycles. The van der Waals surface area contributed by atoms with Gasteiger partial charge in [-0.05, 0) is 31.2 Å². The molecule has 1 N–H and O–H groups in total. The highest BCUT2D eigenvalue weighted by Gasteiger charge is 2.36. The molecule has 0 unspecified atom stereocenters. The maximum Gasteiger partial charge on any atom is 0.338 e. The molecule has 1 aromatic heterocycles. The van der Waals surface area contributed by atoms with Crippen LogP contribution >= 0.6 is 0 Å². The summed E-state index contributed by atoms with van der Waals surface area (Å²) in [7, 11) is 0. The molecule has 7 nitrogen and oxygen atoms in total. The number of carbonyl (C=O) groups excluding carboxylic acids is 1. The van der Waals surface area contributed by atoms with Crippen molar-refractivity contribution in [3.8, 4) is 12.3 Å². The van der Waals surface area contributed by atoms with Gasteiger partial charge in [-0.2, -0.15) is 0 Å². The summed E-state index contributed by atoms with van der Waals surface area (Å²) in [6, 6.07) is 8.49. The van der Waals surface area contributed by atoms with Gasteiger partial charge in [-0.3, -0.25) is 14.3 Å². The van der Waals surface area contributed by atoms with Crippen LogP contribution in [0.3, 0.4) is 0 Å². The van der Waals surface area contributed by atoms with Crippen LogP contribution in [0.1, 0.15) is 22.1 Å². The minimum Gasteiger partial charge on any atom is -0.458 e. The topological polar surface area (TPSA) is 90.4 Å². The maximum atomic E-state index is 12.1. The number of esters is 1. The fourth-order valence-corrected chi connectivity index (χ4v) is 2.49. The second-order valence-corrected chi connectivity index (χ2v) is 5.82. The number of rotatable bonds is 4. The predicted molar refractivity (Wildman–Crippen MR) is 93.6 cm³/mol. The lowest BCUT2D eigenvalue weighted by molar-refractivity contribution is -0.0574. The van der Waals surface area contributed by atoms with E-state index in [1.165, 1.54) is 10.8 Å². The smallest absolute Gasteiger partial charge is 0.338 e. The number of ether oxygens (including phenoxy) is 2. The van der Waals surface area contributed by atoms with Gasteiger partial charge in [0.1, 0.15) is 6.61 Å². The number of benzene rings is 1. The summed E-state index contributed by atoms with van der Waals surface area (Å²) < 4.78 is 12.2. The predicted octanol–water partition coefficient (Wildman–Crippen LogP) is 1.16. The van der Waals surface area contributed by atoms with Crippen LogP contribution in [0.5, 0.6) is 0 Å². The Morgan fingerprint density at radius 2 is 2.12 bits per heavy atom. The normalized spacial score (nSPS) is 21.3. The van der Waals surface area contributed by atoms with Gasteiger partial charge in [-0.1, -0.05) is 24.1 Å². The van der Waals surface area contributed by atoms with Crippen molar-refractivity contribution < 1.29 is 14.3 Å². The van der Waals surface area contributed by atoms with E-state index in [-0.39, 0.29) is 6.61 Å². The van der Waals surface area contributed by atoms with Crippen LogP contribution < -0.4 is 11.2 Å². The zero-order valence-electron chi connectivity index (χ0n) is 14.0. The number of hydrogen-bond acceptors (Lipinski definition) is 5. The second-order valence-electron chi connectivity index (χ2n) is 5.82. The number of terminal acetylenes is 1. The van der Waals surface area contributed by atoms with Crippen molar-refractivity contribution in [2.24, 2.45) is 0 Å². The molecule has 132 valence electrons. The molecule has 0 spiro atoms. The summed E-state index contributed by atoms with van der Waals surface area (Å²) in [4.78, 5) is 37.8. The van der Waals surface area contributed by atoms with Crippen molar-refractivity contribution in [1.29, 1.82) is 0 Å². The largest absolute Gasteiger partial charge is 0.458 e. The van der Waals surface area contributed by atoms with Gasteiger partial charge in [0.2, 0.25) is 0 Å². The number of aromatic nitrogens is 2. The Morgan fingerprint density at radius 3 is 2.81 bits per heavy atom. The first-order chi connectivity index (χ1) is 12.4. The molecule has 0 saturated carbocycles. The number of aryl methyl sites for hydroxylation is 1. The van der Waals surface area contributed by atoms with E-state index in [0.717, 1.165) is 0 Å². The molecule has 1 aliphatic heterocycles. The van der Waals surface area contributed by atoms with Crippen LogP contribution in [0.15, 0.2) is 58.3 Å². The first-order valence-electron chi connectivity index (χ1n) is 7.83. The monoisotopic (exact) mass is 352 g/mol. The molecule has 2 atom stereocenters. The Hall–Kier alpha value is -3.37. The Morgan fingerprint density at radius 1 is 1.38 bits per heavy atom. The van der Waals surface area contributed by atoms with Gasteiger partial charge in [0.25, 0.3) is 5.56 Å². The van der Waals surface area contributed by atoms with Gasteiger partial charge in [0.05, 0.1) is 5.56 Å². The lowest BCUT2D eigenvalue weighted by Crippen LogP contribution is -2.37. The first-order valence-corrected chi connectivity index (χ1v) is 7.83. The molecule has 3 rings (SSSR count). The summed E-state index contributed by atoms with van der Waals surface area (Å²) in [5, 5.41) is 0. The Balaban J connectivity index is 1.75. The van der Waals surface area contributed by atoms with Crippen LogP contribution in [0.4, 0.5) is 0 Å². The van der Waals surface area contributed by atoms with Crippen molar-refractivity contribution in [2.45, 2.75) is 18.8 Å². The third kappa shape index (κ3) is 3.36. The zero-order valence-corrected chi connectivity index (χ0v) is 14.0. The number of aromatic amines is 1. The minimum absolute atomic E-state index is 0.207. The molecule has 1 aromatic carbocycles. The van der Waals surface area contributed by atoms with E-state index in [1.54, 1.807) is 49.4 Å². The number of nitrogens with zero attached hydrogens (tertiary/aromatic N) is 1. The lowest BCUT2D eigenvalue weighted by atomic mass is 10.1. The van der Waals surface area contributed by atoms with Gasteiger partial charge in [0.15, 0.2) is 11.8 Å². The Bertz CT molecular complexity index is 1010. The van der Waals surface area contributed by atoms with E-state index >= 15 is 0 Å². The van der Waals surface area contributed by atoms with E-state index < -0.39 is 29.0 Å². The van der Waals surface area contributed by atoms with Gasteiger partial charge < -0.3 is 9.47 Å². The average Bonchev–Trinajstić information content (AvgIpc) is 3.08. The first kappa shape index (κ1) is 17.5. The number of H-pyrrole nitrogens is 1. The standard InChI is InChI=1S/C19H16N2O5/c1-3-19(12-25-17(23)14-7-5-4-6-8-14)10-9-15(26-19)21-11-13(2)16(22)20-18(21)24/h1,4-11,15H,12H2,2H3,(H,20,22,24)/t15-,19+/m1/s1. The molecule has 2 aromatic rings. The van der Waals surface area contributed by atoms with Gasteiger partial charge in [-0.25, -0.2) is 9.59 Å². The van der Waals surface area contributed by atoms with Crippen molar-refractivity contribution in [2.75, 3.05) is 6.61 Å². The van der Waals surface area contributed by atoms with Gasteiger partial charge in [0, 0.05) is 11.8 Å². The molecule has 0 fully saturated rings. The molecule has 0 radical (unpaired) electrons. The molecule has 1 aliphatic rings. The van der Waals surface area contributed by atoms with E-state index in [2.05, 4.69) is 10.9 Å². The minimum atomic E-state index is -1.29. The van der Waals surface area contributed by atoms with E-state index in [4.69, 9.17) is 15.9 Å². The second kappa shape index (κ2) is 6.86. The van der Waals surface area contributed by atoms with Crippen molar-refractivity contribution in [3.63, 3.8) is 0 Å². The van der Waals surface area contributed by atoms with E-state index in [9.17, 15) is 14.4 Å². The van der Waals surface area contributed by atoms with E-state index in [1.807, 2.05) is 0 Å². The van der Waals surface area contributed by atoms with E-state index in [0.29, 0.717) is 11.1 Å². The lowest BCUT2D eigenvalue weighted by Gasteiger charge is -2.24. The zero-order chi connectivity index (χ0) is 18.7. The molecule has 7 heteroatoms. The quantitative estimate of drug-likeness (QED) is 0.507. The van der Waals surface area contributed by atoms with Crippen molar-refractivity contribution >= 4 is 5.97 Å². The Labute approximate surface area is 148 Å². The van der Waals surface area contributed by atoms with Crippen LogP contribution in [0.2, 0.25) is 0 Å². The number of carbonyl (C=O) groups is 1. The highest BCUT2D eigenvalue weighted by atomic mass is 16.6. The number of nitrogens with one attached hydrogen (secondary N) is 1. The summed E-state index contributed by atoms with van der Waals surface area (Å²) in [5.41, 5.74) is -1.63. The summed E-state index contributed by atoms with van der Waals surface area (Å²) in [6.45, 7) is 1.37. The molecule has 0 bridgehead atoms. The SMILES string of the molecule is C#C[C@@]1(COC(=O)c2ccccc2)C=C[C@H](n2cc(C)c(=O)[nH]c2=O)O1. The third-order valence-corrected chi connectivity index (χ3v) is 3.95. The fourth-order valence-electron chi connectivity index (χ4n) is 2.49. The highest BCUT2D eigenvalue weighted by Crippen LogP contribution is 2.29. The molecular formula is C19H16N2O5. The third-order valence-electron chi connectivity index (χ3n) is 3.95. The summed E-state index contributed by atoms with van der Waals surface area (Å²) in [5.74, 6) is 1.93. The molecule has 26 heavy (non-hydrogen) atoms. The van der Waals surface area contributed by atoms with Gasteiger partial charge in [-0.15, -0.1) is 6.42 Å². The maximum absolute atomic E-state index is 12.1. The summed E-state index contributed by atoms with van der Waals surface area (Å²) in [6.07, 6.45) is 9.27. The highest BCUT2D eigenvalue weighted by molar-refractivity contribution is 5.89. The number of hydrogen-bond donors (Lipinski definition) is 1. The molecule has 0 aliphatic carbocycles. The fraction of sp³-hybridized carbons (Fsp3) is 0.211. The molecule has 0 saturated heterocycles. The van der Waals surface area contributed by atoms with Crippen LogP contribution in [0.25, 0.3) is 0 Å². The van der Waals surface area contributed by atoms with Crippen LogP contribution in [-0.4, -0.2) is 27.7 Å². The molecule has 0 amide bonds. The van der Waals surface area contributed by atoms with Crippen molar-refractivity contribution in [3.05, 3.63) is 80.6 Å². The summed E-state index contributed by atoms with van der Waals surface area (Å²) >= 11 is 0. The van der Waals surface area contributed by atoms with Gasteiger partial charge >= 0.3 is 11.7 Å². The molecular weight excluding hydrogens is 336 g/mol. The Kier molecular flexibility index (Phi) is 4.61. The van der Waals surface area contributed by atoms with Crippen LogP contribution in [-0.2, 0) is 9.47 Å². The van der Waals surface area contributed by atoms with Crippen molar-refractivity contribution in [1.82, 2.24) is 9.55 Å². The van der Waals surface area contributed by atoms with Crippen LogP contribution in [0, 0.1) is 19.3 Å². The average molecular weight is 352 g/mol.